The van der Waals surface area contributed by atoms with E-state index in [0.717, 1.165) is 44.3 Å². The minimum atomic E-state index is -0.00684. The third-order valence-corrected chi connectivity index (χ3v) is 8.31. The summed E-state index contributed by atoms with van der Waals surface area (Å²) in [4.78, 5) is 9.72. The first kappa shape index (κ1) is 26.0. The van der Waals surface area contributed by atoms with Crippen LogP contribution in [0.5, 0.6) is 17.4 Å². The number of fused-ring (bicyclic) bond motifs is 6. The summed E-state index contributed by atoms with van der Waals surface area (Å²) in [6, 6.07) is 38.3. The van der Waals surface area contributed by atoms with E-state index in [4.69, 9.17) is 14.7 Å². The van der Waals surface area contributed by atoms with Gasteiger partial charge in [-0.1, -0.05) is 63.2 Å². The molecule has 4 aromatic heterocycles. The van der Waals surface area contributed by atoms with Crippen LogP contribution in [0.3, 0.4) is 0 Å². The second kappa shape index (κ2) is 9.71. The third kappa shape index (κ3) is 4.10. The molecule has 0 saturated carbocycles. The van der Waals surface area contributed by atoms with Crippen molar-refractivity contribution in [2.75, 3.05) is 0 Å². The molecule has 0 fully saturated rings. The van der Waals surface area contributed by atoms with Gasteiger partial charge in [-0.2, -0.15) is 0 Å². The molecule has 4 heterocycles. The van der Waals surface area contributed by atoms with Gasteiger partial charge in [0.05, 0.1) is 27.5 Å². The van der Waals surface area contributed by atoms with E-state index < -0.39 is 0 Å². The lowest BCUT2D eigenvalue weighted by Gasteiger charge is -2.20. The SMILES string of the molecule is CC(C)(C)c1ccnc(-n2c3ccccc3c3ccc(Oc4ccc5c(n4)c4c(O)cccc4n5-c4ccccc4)cc32)c1. The monoisotopic (exact) mass is 574 g/mol. The van der Waals surface area contributed by atoms with Crippen LogP contribution in [0, 0.1) is 0 Å². The van der Waals surface area contributed by atoms with Crippen molar-refractivity contribution in [1.29, 1.82) is 0 Å². The molecule has 0 aliphatic rings. The van der Waals surface area contributed by atoms with Gasteiger partial charge in [-0.15, -0.1) is 0 Å². The van der Waals surface area contributed by atoms with E-state index in [2.05, 4.69) is 78.4 Å². The van der Waals surface area contributed by atoms with Crippen LogP contribution in [-0.4, -0.2) is 24.2 Å². The summed E-state index contributed by atoms with van der Waals surface area (Å²) >= 11 is 0. The maximum absolute atomic E-state index is 10.9. The minimum absolute atomic E-state index is 0.00684. The Morgan fingerprint density at radius 3 is 2.27 bits per heavy atom. The van der Waals surface area contributed by atoms with Gasteiger partial charge in [0.15, 0.2) is 0 Å². The van der Waals surface area contributed by atoms with Crippen LogP contribution in [0.25, 0.3) is 55.2 Å². The fourth-order valence-corrected chi connectivity index (χ4v) is 6.19. The predicted molar refractivity (Wildman–Crippen MR) is 178 cm³/mol. The summed E-state index contributed by atoms with van der Waals surface area (Å²) in [7, 11) is 0. The summed E-state index contributed by atoms with van der Waals surface area (Å²) in [6.45, 7) is 6.64. The Kier molecular flexibility index (Phi) is 5.75. The number of rotatable bonds is 4. The maximum Gasteiger partial charge on any atom is 0.219 e. The van der Waals surface area contributed by atoms with E-state index in [1.54, 1.807) is 6.07 Å². The van der Waals surface area contributed by atoms with Crippen molar-refractivity contribution in [2.45, 2.75) is 26.2 Å². The summed E-state index contributed by atoms with van der Waals surface area (Å²) < 4.78 is 10.7. The van der Waals surface area contributed by atoms with E-state index in [9.17, 15) is 5.11 Å². The van der Waals surface area contributed by atoms with Crippen molar-refractivity contribution in [3.05, 3.63) is 127 Å². The molecule has 8 rings (SSSR count). The molecule has 44 heavy (non-hydrogen) atoms. The molecular weight excluding hydrogens is 544 g/mol. The Bertz CT molecular complexity index is 2360. The number of benzene rings is 4. The van der Waals surface area contributed by atoms with Crippen LogP contribution in [0.1, 0.15) is 26.3 Å². The summed E-state index contributed by atoms with van der Waals surface area (Å²) in [5.41, 5.74) is 6.74. The Morgan fingerprint density at radius 1 is 0.659 bits per heavy atom. The number of pyridine rings is 2. The van der Waals surface area contributed by atoms with Crippen molar-refractivity contribution >= 4 is 43.7 Å². The number of phenols is 1. The molecule has 0 saturated heterocycles. The molecule has 8 aromatic rings. The first-order chi connectivity index (χ1) is 21.4. The second-order valence-corrected chi connectivity index (χ2v) is 12.1. The van der Waals surface area contributed by atoms with Gasteiger partial charge >= 0.3 is 0 Å². The number of hydrogen-bond acceptors (Lipinski definition) is 4. The lowest BCUT2D eigenvalue weighted by molar-refractivity contribution is 0.465. The van der Waals surface area contributed by atoms with E-state index in [1.807, 2.05) is 66.9 Å². The Balaban J connectivity index is 1.28. The summed E-state index contributed by atoms with van der Waals surface area (Å²) in [5.74, 6) is 2.16. The number of ether oxygens (including phenoxy) is 1. The molecule has 0 unspecified atom stereocenters. The summed E-state index contributed by atoms with van der Waals surface area (Å²) in [6.07, 6.45) is 1.89. The van der Waals surface area contributed by atoms with Gasteiger partial charge < -0.3 is 14.4 Å². The van der Waals surface area contributed by atoms with Crippen molar-refractivity contribution < 1.29 is 9.84 Å². The number of para-hydroxylation sites is 2. The molecule has 0 bridgehead atoms. The lowest BCUT2D eigenvalue weighted by Crippen LogP contribution is -2.12. The molecule has 0 radical (unpaired) electrons. The highest BCUT2D eigenvalue weighted by Crippen LogP contribution is 2.39. The van der Waals surface area contributed by atoms with Gasteiger partial charge in [-0.3, -0.25) is 4.57 Å². The van der Waals surface area contributed by atoms with Gasteiger partial charge in [0.2, 0.25) is 5.88 Å². The van der Waals surface area contributed by atoms with Crippen LogP contribution in [-0.2, 0) is 5.41 Å². The highest BCUT2D eigenvalue weighted by atomic mass is 16.5. The van der Waals surface area contributed by atoms with Crippen LogP contribution >= 0.6 is 0 Å². The lowest BCUT2D eigenvalue weighted by atomic mass is 9.88. The van der Waals surface area contributed by atoms with Gasteiger partial charge in [-0.05, 0) is 71.6 Å². The normalized spacial score (nSPS) is 12.1. The van der Waals surface area contributed by atoms with Crippen molar-refractivity contribution in [1.82, 2.24) is 19.1 Å². The number of aromatic hydroxyl groups is 1. The number of phenolic OH excluding ortho intramolecular Hbond substituents is 1. The molecule has 6 nitrogen and oxygen atoms in total. The molecule has 4 aromatic carbocycles. The van der Waals surface area contributed by atoms with E-state index in [0.29, 0.717) is 22.5 Å². The summed E-state index contributed by atoms with van der Waals surface area (Å²) in [5, 5.41) is 13.9. The zero-order valence-corrected chi connectivity index (χ0v) is 24.7. The van der Waals surface area contributed by atoms with Crippen LogP contribution < -0.4 is 4.74 Å². The maximum atomic E-state index is 10.9. The van der Waals surface area contributed by atoms with E-state index >= 15 is 0 Å². The number of aromatic nitrogens is 4. The van der Waals surface area contributed by atoms with Crippen molar-refractivity contribution in [2.24, 2.45) is 0 Å². The fraction of sp³-hybridized carbons (Fsp3) is 0.105. The molecular formula is C38H30N4O2. The van der Waals surface area contributed by atoms with E-state index in [1.165, 1.54) is 5.56 Å². The van der Waals surface area contributed by atoms with Gasteiger partial charge in [0.1, 0.15) is 22.8 Å². The molecule has 0 amide bonds. The molecule has 0 aliphatic heterocycles. The largest absolute Gasteiger partial charge is 0.507 e. The molecule has 0 spiro atoms. The smallest absolute Gasteiger partial charge is 0.219 e. The second-order valence-electron chi connectivity index (χ2n) is 12.1. The fourth-order valence-electron chi connectivity index (χ4n) is 6.19. The van der Waals surface area contributed by atoms with E-state index in [-0.39, 0.29) is 11.2 Å². The molecule has 6 heteroatoms. The molecule has 1 N–H and O–H groups in total. The quantitative estimate of drug-likeness (QED) is 0.227. The van der Waals surface area contributed by atoms with Crippen molar-refractivity contribution in [3.63, 3.8) is 0 Å². The Labute approximate surface area is 254 Å². The van der Waals surface area contributed by atoms with Gasteiger partial charge in [0, 0.05) is 34.8 Å². The minimum Gasteiger partial charge on any atom is -0.507 e. The zero-order chi connectivity index (χ0) is 30.0. The first-order valence-corrected chi connectivity index (χ1v) is 14.7. The third-order valence-electron chi connectivity index (χ3n) is 8.31. The standard InChI is InChI=1S/C38H30N4O2/c1-38(2,3)24-20-21-39-34(22-24)42-29-13-8-7-12-27(29)28-17-16-26(23-32(28)42)44-35-19-18-31-37(40-35)36-30(14-9-15-33(36)43)41(31)25-10-5-4-6-11-25/h4-23,43H,1-3H3. The highest BCUT2D eigenvalue weighted by Gasteiger charge is 2.20. The molecule has 214 valence electrons. The molecule has 0 aliphatic carbocycles. The highest BCUT2D eigenvalue weighted by molar-refractivity contribution is 6.11. The topological polar surface area (TPSA) is 65.1 Å². The van der Waals surface area contributed by atoms with Crippen LogP contribution in [0.4, 0.5) is 0 Å². The zero-order valence-electron chi connectivity index (χ0n) is 24.7. The van der Waals surface area contributed by atoms with Crippen LogP contribution in [0.2, 0.25) is 0 Å². The number of hydrogen-bond donors (Lipinski definition) is 1. The predicted octanol–water partition coefficient (Wildman–Crippen LogP) is 9.47. The van der Waals surface area contributed by atoms with Gasteiger partial charge in [-0.25, -0.2) is 9.97 Å². The van der Waals surface area contributed by atoms with Crippen molar-refractivity contribution in [3.8, 4) is 28.9 Å². The Hall–Kier alpha value is -5.62. The Morgan fingerprint density at radius 2 is 1.43 bits per heavy atom. The van der Waals surface area contributed by atoms with Gasteiger partial charge in [0.25, 0.3) is 0 Å². The first-order valence-electron chi connectivity index (χ1n) is 14.7. The van der Waals surface area contributed by atoms with Crippen LogP contribution in [0.15, 0.2) is 121 Å². The molecule has 0 atom stereocenters. The average Bonchev–Trinajstić information content (AvgIpc) is 3.54. The average molecular weight is 575 g/mol. The number of nitrogens with zero attached hydrogens (tertiary/aromatic N) is 4.